The molecule has 0 fully saturated rings. The summed E-state index contributed by atoms with van der Waals surface area (Å²) in [5, 5.41) is 7.57. The minimum Gasteiger partial charge on any atom is -0.397 e. The predicted molar refractivity (Wildman–Crippen MR) is 12.8 cm³/mol. The van der Waals surface area contributed by atoms with E-state index in [-0.39, 0.29) is 46.3 Å². The maximum Gasteiger partial charge on any atom is 0.0402 e. The van der Waals surface area contributed by atoms with Crippen molar-refractivity contribution < 1.29 is 44.8 Å². The smallest absolute Gasteiger partial charge is 0.0402 e. The summed E-state index contributed by atoms with van der Waals surface area (Å²) in [7, 11) is 0. The molecule has 1 nitrogen and oxygen atoms in total. The van der Waals surface area contributed by atoms with Crippen LogP contribution in [-0.4, -0.2) is 11.7 Å². The van der Waals surface area contributed by atoms with E-state index in [1.165, 1.54) is 0 Å². The van der Waals surface area contributed by atoms with E-state index in [0.29, 0.717) is 0 Å². The van der Waals surface area contributed by atoms with Crippen LogP contribution in [0.1, 0.15) is 6.92 Å². The van der Waals surface area contributed by atoms with Crippen molar-refractivity contribution in [3.63, 3.8) is 0 Å². The largest absolute Gasteiger partial charge is 0.397 e. The fraction of sp³-hybridized carbons (Fsp3) is 1.00. The van der Waals surface area contributed by atoms with Gasteiger partial charge in [0.1, 0.15) is 0 Å². The molecule has 3 heteroatoms. The van der Waals surface area contributed by atoms with Gasteiger partial charge in [-0.2, -0.15) is 0 Å². The zero-order valence-corrected chi connectivity index (χ0v) is 6.48. The second-order valence-corrected chi connectivity index (χ2v) is 0.316. The van der Waals surface area contributed by atoms with E-state index in [2.05, 4.69) is 0 Å². The van der Waals surface area contributed by atoms with E-state index < -0.39 is 0 Å². The van der Waals surface area contributed by atoms with E-state index in [0.717, 1.165) is 0 Å². The van der Waals surface area contributed by atoms with Crippen LogP contribution in [-0.2, 0) is 39.7 Å². The SMILES string of the molecule is CCO.[Cr].[Nb]. The minimum absolute atomic E-state index is 0. The van der Waals surface area contributed by atoms with E-state index in [1.54, 1.807) is 6.92 Å². The molecule has 0 bridgehead atoms. The first-order valence-electron chi connectivity index (χ1n) is 1.02. The molecule has 0 rings (SSSR count). The Morgan fingerprint density at radius 3 is 1.60 bits per heavy atom. The molecular weight excluding hydrogens is 185 g/mol. The third-order valence-corrected chi connectivity index (χ3v) is 0. The van der Waals surface area contributed by atoms with Gasteiger partial charge in [0.25, 0.3) is 0 Å². The molecule has 0 amide bonds. The van der Waals surface area contributed by atoms with Gasteiger partial charge in [-0.05, 0) is 6.92 Å². The van der Waals surface area contributed by atoms with Gasteiger partial charge in [-0.3, -0.25) is 0 Å². The maximum absolute atomic E-state index is 7.57. The zero-order valence-electron chi connectivity index (χ0n) is 3.01. The van der Waals surface area contributed by atoms with Crippen molar-refractivity contribution in [2.75, 3.05) is 6.61 Å². The summed E-state index contributed by atoms with van der Waals surface area (Å²) in [4.78, 5) is 0. The molecule has 5 heavy (non-hydrogen) atoms. The van der Waals surface area contributed by atoms with Crippen LogP contribution in [0.2, 0.25) is 0 Å². The summed E-state index contributed by atoms with van der Waals surface area (Å²) in [6.07, 6.45) is 0. The fourth-order valence-corrected chi connectivity index (χ4v) is 0. The van der Waals surface area contributed by atoms with Gasteiger partial charge >= 0.3 is 0 Å². The van der Waals surface area contributed by atoms with Gasteiger partial charge in [-0.25, -0.2) is 0 Å². The van der Waals surface area contributed by atoms with Crippen molar-refractivity contribution >= 4 is 0 Å². The van der Waals surface area contributed by atoms with Gasteiger partial charge in [0.2, 0.25) is 0 Å². The second-order valence-electron chi connectivity index (χ2n) is 0.316. The molecular formula is C2H6CrNbO. The van der Waals surface area contributed by atoms with Crippen molar-refractivity contribution in [1.82, 2.24) is 0 Å². The first-order valence-corrected chi connectivity index (χ1v) is 1.02. The molecule has 0 heterocycles. The quantitative estimate of drug-likeness (QED) is 0.534. The summed E-state index contributed by atoms with van der Waals surface area (Å²) in [6, 6.07) is 0. The van der Waals surface area contributed by atoms with Gasteiger partial charge in [-0.1, -0.05) is 0 Å². The van der Waals surface area contributed by atoms with Crippen LogP contribution < -0.4 is 0 Å². The molecule has 0 aromatic carbocycles. The molecule has 0 aliphatic rings. The van der Waals surface area contributed by atoms with Crippen molar-refractivity contribution in [1.29, 1.82) is 0 Å². The number of rotatable bonds is 0. The van der Waals surface area contributed by atoms with Crippen LogP contribution in [0, 0.1) is 0 Å². The van der Waals surface area contributed by atoms with E-state index in [4.69, 9.17) is 5.11 Å². The Morgan fingerprint density at radius 1 is 1.60 bits per heavy atom. The molecule has 31 valence electrons. The summed E-state index contributed by atoms with van der Waals surface area (Å²) >= 11 is 0. The molecule has 0 saturated carbocycles. The summed E-state index contributed by atoms with van der Waals surface area (Å²) < 4.78 is 0. The third-order valence-electron chi connectivity index (χ3n) is 0. The number of hydrogen-bond acceptors (Lipinski definition) is 1. The van der Waals surface area contributed by atoms with Gasteiger partial charge < -0.3 is 5.11 Å². The Bertz CT molecular complexity index is 9.61. The standard InChI is InChI=1S/C2H6O.Cr.Nb/c1-2-3;;/h3H,2H2,1H3;;. The molecule has 0 atom stereocenters. The van der Waals surface area contributed by atoms with Crippen molar-refractivity contribution in [2.45, 2.75) is 6.92 Å². The molecule has 0 aliphatic carbocycles. The molecule has 0 aliphatic heterocycles. The average molecular weight is 191 g/mol. The van der Waals surface area contributed by atoms with Crippen LogP contribution in [0.3, 0.4) is 0 Å². The Balaban J connectivity index is -0.0000000200. The molecule has 0 aromatic rings. The Kier molecular flexibility index (Phi) is 61.4. The second kappa shape index (κ2) is 18.8. The summed E-state index contributed by atoms with van der Waals surface area (Å²) in [5.41, 5.74) is 0. The predicted octanol–water partition coefficient (Wildman–Crippen LogP) is -0.00640. The summed E-state index contributed by atoms with van der Waals surface area (Å²) in [5.74, 6) is 0. The van der Waals surface area contributed by atoms with Gasteiger partial charge in [-0.15, -0.1) is 0 Å². The zero-order chi connectivity index (χ0) is 2.71. The number of aliphatic hydroxyl groups is 1. The first kappa shape index (κ1) is 16.3. The van der Waals surface area contributed by atoms with Gasteiger partial charge in [0.05, 0.1) is 0 Å². The van der Waals surface area contributed by atoms with Crippen molar-refractivity contribution in [3.8, 4) is 0 Å². The van der Waals surface area contributed by atoms with Crippen molar-refractivity contribution in [2.24, 2.45) is 0 Å². The Labute approximate surface area is 58.4 Å². The van der Waals surface area contributed by atoms with Crippen molar-refractivity contribution in [3.05, 3.63) is 0 Å². The molecule has 0 aromatic heterocycles. The summed E-state index contributed by atoms with van der Waals surface area (Å²) in [6.45, 7) is 1.93. The maximum atomic E-state index is 7.57. The van der Waals surface area contributed by atoms with Crippen LogP contribution in [0.25, 0.3) is 0 Å². The average Bonchev–Trinajstić information content (AvgIpc) is 0.918. The Morgan fingerprint density at radius 2 is 1.60 bits per heavy atom. The topological polar surface area (TPSA) is 20.2 Å². The van der Waals surface area contributed by atoms with E-state index >= 15 is 0 Å². The molecule has 1 radical (unpaired) electrons. The van der Waals surface area contributed by atoms with Crippen LogP contribution >= 0.6 is 0 Å². The van der Waals surface area contributed by atoms with E-state index in [1.807, 2.05) is 0 Å². The van der Waals surface area contributed by atoms with Crippen LogP contribution in [0.4, 0.5) is 0 Å². The van der Waals surface area contributed by atoms with Crippen LogP contribution in [0.15, 0.2) is 0 Å². The normalized spacial score (nSPS) is 3.60. The Hall–Kier alpha value is 1.23. The monoisotopic (exact) mass is 191 g/mol. The number of aliphatic hydroxyl groups excluding tert-OH is 1. The third kappa shape index (κ3) is 36.0. The van der Waals surface area contributed by atoms with Gasteiger partial charge in [0, 0.05) is 46.3 Å². The first-order chi connectivity index (χ1) is 1.41. The molecule has 0 spiro atoms. The van der Waals surface area contributed by atoms with E-state index in [9.17, 15) is 0 Å². The number of hydrogen-bond donors (Lipinski definition) is 1. The molecule has 0 unspecified atom stereocenters. The fourth-order valence-electron chi connectivity index (χ4n) is 0. The van der Waals surface area contributed by atoms with Gasteiger partial charge in [0.15, 0.2) is 0 Å². The molecule has 0 saturated heterocycles. The minimum atomic E-state index is 0. The molecule has 1 N–H and O–H groups in total. The van der Waals surface area contributed by atoms with Crippen LogP contribution in [0.5, 0.6) is 0 Å².